The molecule has 4 rings (SSSR count). The van der Waals surface area contributed by atoms with E-state index in [1.807, 2.05) is 54.6 Å². The van der Waals surface area contributed by atoms with Gasteiger partial charge in [0.2, 0.25) is 5.91 Å². The van der Waals surface area contributed by atoms with Gasteiger partial charge in [-0.15, -0.1) is 0 Å². The van der Waals surface area contributed by atoms with E-state index in [0.29, 0.717) is 16.5 Å². The molecule has 0 fully saturated rings. The first kappa shape index (κ1) is 18.1. The summed E-state index contributed by atoms with van der Waals surface area (Å²) in [5.74, 6) is 0.418. The Morgan fingerprint density at radius 3 is 2.61 bits per heavy atom. The van der Waals surface area contributed by atoms with Crippen molar-refractivity contribution in [3.63, 3.8) is 0 Å². The van der Waals surface area contributed by atoms with Crippen molar-refractivity contribution in [3.8, 4) is 17.0 Å². The molecule has 0 saturated heterocycles. The molecule has 6 heteroatoms. The van der Waals surface area contributed by atoms with Crippen molar-refractivity contribution in [1.82, 2.24) is 9.78 Å². The summed E-state index contributed by atoms with van der Waals surface area (Å²) in [6, 6.07) is 22.7. The van der Waals surface area contributed by atoms with Crippen LogP contribution in [0.15, 0.2) is 72.8 Å². The zero-order valence-corrected chi connectivity index (χ0v) is 16.0. The molecular weight excluding hydrogens is 374 g/mol. The molecule has 0 aliphatic heterocycles. The largest absolute Gasteiger partial charge is 0.495 e. The maximum absolute atomic E-state index is 12.7. The van der Waals surface area contributed by atoms with Crippen molar-refractivity contribution in [1.29, 1.82) is 0 Å². The minimum Gasteiger partial charge on any atom is -0.495 e. The van der Waals surface area contributed by atoms with E-state index in [-0.39, 0.29) is 12.5 Å². The second kappa shape index (κ2) is 7.74. The number of methoxy groups -OCH3 is 1. The summed E-state index contributed by atoms with van der Waals surface area (Å²) in [5.41, 5.74) is 3.23. The highest BCUT2D eigenvalue weighted by molar-refractivity contribution is 6.31. The summed E-state index contributed by atoms with van der Waals surface area (Å²) in [5, 5.41) is 9.11. The van der Waals surface area contributed by atoms with E-state index in [9.17, 15) is 4.79 Å². The first-order valence-corrected chi connectivity index (χ1v) is 9.18. The maximum atomic E-state index is 12.7. The predicted molar refractivity (Wildman–Crippen MR) is 112 cm³/mol. The number of rotatable bonds is 5. The summed E-state index contributed by atoms with van der Waals surface area (Å²) < 4.78 is 6.98. The van der Waals surface area contributed by atoms with E-state index >= 15 is 0 Å². The van der Waals surface area contributed by atoms with Gasteiger partial charge in [-0.3, -0.25) is 9.48 Å². The van der Waals surface area contributed by atoms with Gasteiger partial charge in [0.1, 0.15) is 18.0 Å². The van der Waals surface area contributed by atoms with Crippen molar-refractivity contribution in [2.24, 2.45) is 0 Å². The Morgan fingerprint density at radius 1 is 1.07 bits per heavy atom. The van der Waals surface area contributed by atoms with Crippen LogP contribution in [0.4, 0.5) is 5.69 Å². The molecule has 0 atom stereocenters. The second-order valence-electron chi connectivity index (χ2n) is 6.28. The van der Waals surface area contributed by atoms with Crippen molar-refractivity contribution in [3.05, 3.63) is 77.8 Å². The Hall–Kier alpha value is -3.31. The van der Waals surface area contributed by atoms with Gasteiger partial charge in [-0.2, -0.15) is 5.10 Å². The first-order valence-electron chi connectivity index (χ1n) is 8.80. The topological polar surface area (TPSA) is 56.1 Å². The fraction of sp³-hybridized carbons (Fsp3) is 0.0909. The number of aromatic nitrogens is 2. The van der Waals surface area contributed by atoms with E-state index in [1.54, 1.807) is 30.0 Å². The van der Waals surface area contributed by atoms with E-state index in [4.69, 9.17) is 21.4 Å². The van der Waals surface area contributed by atoms with Gasteiger partial charge in [-0.25, -0.2) is 0 Å². The fourth-order valence-corrected chi connectivity index (χ4v) is 3.33. The van der Waals surface area contributed by atoms with Crippen molar-refractivity contribution in [2.45, 2.75) is 6.54 Å². The number of nitrogens with zero attached hydrogens (tertiary/aromatic N) is 2. The van der Waals surface area contributed by atoms with Crippen LogP contribution in [0.5, 0.6) is 5.75 Å². The number of amides is 1. The van der Waals surface area contributed by atoms with Crippen LogP contribution in [0, 0.1) is 0 Å². The molecule has 0 radical (unpaired) electrons. The smallest absolute Gasteiger partial charge is 0.246 e. The van der Waals surface area contributed by atoms with Crippen LogP contribution in [0.25, 0.3) is 22.2 Å². The molecule has 140 valence electrons. The molecular formula is C22H18ClN3O2. The number of hydrogen-bond donors (Lipinski definition) is 1. The number of carbonyl (C=O) groups is 1. The Bertz CT molecular complexity index is 1140. The summed E-state index contributed by atoms with van der Waals surface area (Å²) in [7, 11) is 1.57. The van der Waals surface area contributed by atoms with Crippen LogP contribution in [0.1, 0.15) is 0 Å². The number of benzene rings is 3. The van der Waals surface area contributed by atoms with Gasteiger partial charge in [0.05, 0.1) is 18.3 Å². The van der Waals surface area contributed by atoms with E-state index in [1.165, 1.54) is 0 Å². The number of anilines is 1. The molecule has 1 aromatic heterocycles. The van der Waals surface area contributed by atoms with E-state index in [0.717, 1.165) is 22.2 Å². The third kappa shape index (κ3) is 3.57. The van der Waals surface area contributed by atoms with Gasteiger partial charge in [0.25, 0.3) is 0 Å². The molecule has 1 amide bonds. The van der Waals surface area contributed by atoms with Crippen LogP contribution in [-0.2, 0) is 11.3 Å². The first-order chi connectivity index (χ1) is 13.7. The molecule has 0 spiro atoms. The lowest BCUT2D eigenvalue weighted by molar-refractivity contribution is -0.116. The molecule has 1 heterocycles. The van der Waals surface area contributed by atoms with Crippen LogP contribution < -0.4 is 10.1 Å². The summed E-state index contributed by atoms with van der Waals surface area (Å²) >= 11 is 6.20. The molecule has 0 aliphatic carbocycles. The predicted octanol–water partition coefficient (Wildman–Crippen LogP) is 5.00. The summed E-state index contributed by atoms with van der Waals surface area (Å²) in [6.07, 6.45) is 0. The monoisotopic (exact) mass is 391 g/mol. The molecule has 1 N–H and O–H groups in total. The lowest BCUT2D eigenvalue weighted by atomic mass is 10.1. The van der Waals surface area contributed by atoms with Gasteiger partial charge in [-0.05, 0) is 30.3 Å². The third-order valence-electron chi connectivity index (χ3n) is 4.43. The standard InChI is InChI=1S/C22H18ClN3O2/c1-28-20-10-6-5-9-18(20)24-21(27)14-26-19-12-11-16(23)13-17(19)22(25-26)15-7-3-2-4-8-15/h2-13H,14H2,1H3,(H,24,27). The van der Waals surface area contributed by atoms with Crippen LogP contribution in [-0.4, -0.2) is 22.8 Å². The van der Waals surface area contributed by atoms with E-state index < -0.39 is 0 Å². The Morgan fingerprint density at radius 2 is 1.82 bits per heavy atom. The zero-order chi connectivity index (χ0) is 19.5. The number of fused-ring (bicyclic) bond motifs is 1. The highest BCUT2D eigenvalue weighted by atomic mass is 35.5. The lowest BCUT2D eigenvalue weighted by Gasteiger charge is -2.10. The molecule has 0 unspecified atom stereocenters. The Labute approximate surface area is 167 Å². The van der Waals surface area contributed by atoms with Gasteiger partial charge < -0.3 is 10.1 Å². The number of halogens is 1. The van der Waals surface area contributed by atoms with Crippen LogP contribution in [0.3, 0.4) is 0 Å². The van der Waals surface area contributed by atoms with Crippen LogP contribution in [0.2, 0.25) is 5.02 Å². The highest BCUT2D eigenvalue weighted by Crippen LogP contribution is 2.30. The molecule has 0 saturated carbocycles. The molecule has 0 aliphatic rings. The second-order valence-corrected chi connectivity index (χ2v) is 6.72. The summed E-state index contributed by atoms with van der Waals surface area (Å²) in [6.45, 7) is 0.0724. The molecule has 0 bridgehead atoms. The van der Waals surface area contributed by atoms with Gasteiger partial charge in [-0.1, -0.05) is 54.1 Å². The number of hydrogen-bond acceptors (Lipinski definition) is 3. The fourth-order valence-electron chi connectivity index (χ4n) is 3.15. The Kier molecular flexibility index (Phi) is 5.00. The Balaban J connectivity index is 1.68. The zero-order valence-electron chi connectivity index (χ0n) is 15.2. The van der Waals surface area contributed by atoms with Crippen molar-refractivity contribution < 1.29 is 9.53 Å². The number of nitrogens with one attached hydrogen (secondary N) is 1. The number of ether oxygens (including phenoxy) is 1. The molecule has 4 aromatic rings. The van der Waals surface area contributed by atoms with Gasteiger partial charge >= 0.3 is 0 Å². The molecule has 5 nitrogen and oxygen atoms in total. The third-order valence-corrected chi connectivity index (χ3v) is 4.67. The number of para-hydroxylation sites is 2. The summed E-state index contributed by atoms with van der Waals surface area (Å²) in [4.78, 5) is 12.7. The van der Waals surface area contributed by atoms with Crippen molar-refractivity contribution in [2.75, 3.05) is 12.4 Å². The normalized spacial score (nSPS) is 10.8. The van der Waals surface area contributed by atoms with Crippen molar-refractivity contribution >= 4 is 34.1 Å². The lowest BCUT2D eigenvalue weighted by Crippen LogP contribution is -2.19. The highest BCUT2D eigenvalue weighted by Gasteiger charge is 2.15. The average Bonchev–Trinajstić information content (AvgIpc) is 3.06. The minimum atomic E-state index is -0.191. The maximum Gasteiger partial charge on any atom is 0.246 e. The number of carbonyl (C=O) groups excluding carboxylic acids is 1. The molecule has 28 heavy (non-hydrogen) atoms. The quantitative estimate of drug-likeness (QED) is 0.520. The SMILES string of the molecule is COc1ccccc1NC(=O)Cn1nc(-c2ccccc2)c2cc(Cl)ccc21. The average molecular weight is 392 g/mol. The minimum absolute atomic E-state index is 0.0724. The van der Waals surface area contributed by atoms with E-state index in [2.05, 4.69) is 5.32 Å². The van der Waals surface area contributed by atoms with Crippen LogP contribution >= 0.6 is 11.6 Å². The molecule has 3 aromatic carbocycles. The van der Waals surface area contributed by atoms with Gasteiger partial charge in [0, 0.05) is 16.0 Å². The van der Waals surface area contributed by atoms with Gasteiger partial charge in [0.15, 0.2) is 0 Å².